The first kappa shape index (κ1) is 13.1. The fraction of sp³-hybridized carbons (Fsp3) is 0.857. The van der Waals surface area contributed by atoms with Crippen molar-refractivity contribution >= 4 is 0 Å². The molecule has 1 atom stereocenters. The molecule has 0 spiro atoms. The van der Waals surface area contributed by atoms with Gasteiger partial charge in [0.15, 0.2) is 5.82 Å². The first-order valence-electron chi connectivity index (χ1n) is 7.64. The highest BCUT2D eigenvalue weighted by atomic mass is 16.5. The van der Waals surface area contributed by atoms with Crippen LogP contribution in [-0.2, 0) is 6.42 Å². The van der Waals surface area contributed by atoms with Gasteiger partial charge in [0.2, 0.25) is 5.89 Å². The zero-order valence-corrected chi connectivity index (χ0v) is 11.8. The van der Waals surface area contributed by atoms with Gasteiger partial charge in [-0.2, -0.15) is 4.98 Å². The summed E-state index contributed by atoms with van der Waals surface area (Å²) in [4.78, 5) is 7.14. The highest BCUT2D eigenvalue weighted by Gasteiger charge is 2.28. The molecule has 0 aromatic carbocycles. The standard InChI is InChI=1S/C14H24N4O/c1-2-3-12(18-8-6-15-7-9-18)14-16-13(19-17-14)10-11-4-5-11/h11-12,15H,2-10H2,1H3. The van der Waals surface area contributed by atoms with Gasteiger partial charge < -0.3 is 9.84 Å². The van der Waals surface area contributed by atoms with Crippen molar-refractivity contribution in [1.29, 1.82) is 0 Å². The fourth-order valence-electron chi connectivity index (χ4n) is 2.80. The average Bonchev–Trinajstić information content (AvgIpc) is 3.14. The van der Waals surface area contributed by atoms with E-state index < -0.39 is 0 Å². The van der Waals surface area contributed by atoms with Gasteiger partial charge in [0.05, 0.1) is 6.04 Å². The highest BCUT2D eigenvalue weighted by molar-refractivity contribution is 4.98. The van der Waals surface area contributed by atoms with Crippen molar-refractivity contribution < 1.29 is 4.52 Å². The third kappa shape index (κ3) is 3.34. The summed E-state index contributed by atoms with van der Waals surface area (Å²) in [6.07, 6.45) is 5.90. The first-order valence-corrected chi connectivity index (χ1v) is 7.64. The summed E-state index contributed by atoms with van der Waals surface area (Å²) >= 11 is 0. The largest absolute Gasteiger partial charge is 0.339 e. The molecule has 2 fully saturated rings. The van der Waals surface area contributed by atoms with Gasteiger partial charge in [-0.15, -0.1) is 0 Å². The van der Waals surface area contributed by atoms with E-state index in [9.17, 15) is 0 Å². The molecular formula is C14H24N4O. The van der Waals surface area contributed by atoms with E-state index in [4.69, 9.17) is 4.52 Å². The van der Waals surface area contributed by atoms with Crippen molar-refractivity contribution in [3.05, 3.63) is 11.7 Å². The summed E-state index contributed by atoms with van der Waals surface area (Å²) in [6, 6.07) is 0.337. The molecule has 3 rings (SSSR count). The Morgan fingerprint density at radius 3 is 2.84 bits per heavy atom. The summed E-state index contributed by atoms with van der Waals surface area (Å²) in [6.45, 7) is 6.51. The Hall–Kier alpha value is -0.940. The lowest BCUT2D eigenvalue weighted by atomic mass is 10.1. The number of nitrogens with one attached hydrogen (secondary N) is 1. The molecule has 1 aromatic rings. The van der Waals surface area contributed by atoms with Crippen LogP contribution in [0.25, 0.3) is 0 Å². The van der Waals surface area contributed by atoms with Gasteiger partial charge >= 0.3 is 0 Å². The zero-order chi connectivity index (χ0) is 13.1. The fourth-order valence-corrected chi connectivity index (χ4v) is 2.80. The Labute approximate surface area is 114 Å². The van der Waals surface area contributed by atoms with E-state index in [0.29, 0.717) is 6.04 Å². The highest BCUT2D eigenvalue weighted by Crippen LogP contribution is 2.32. The van der Waals surface area contributed by atoms with Crippen molar-refractivity contribution in [3.8, 4) is 0 Å². The van der Waals surface area contributed by atoms with E-state index in [1.54, 1.807) is 0 Å². The van der Waals surface area contributed by atoms with E-state index in [-0.39, 0.29) is 0 Å². The lowest BCUT2D eigenvalue weighted by Crippen LogP contribution is -2.45. The number of rotatable bonds is 6. The maximum Gasteiger partial charge on any atom is 0.226 e. The molecule has 1 saturated carbocycles. The predicted octanol–water partition coefficient (Wildman–Crippen LogP) is 1.77. The average molecular weight is 264 g/mol. The molecule has 5 heteroatoms. The van der Waals surface area contributed by atoms with E-state index in [2.05, 4.69) is 27.3 Å². The van der Waals surface area contributed by atoms with E-state index in [1.165, 1.54) is 12.8 Å². The normalized spacial score (nSPS) is 22.6. The predicted molar refractivity (Wildman–Crippen MR) is 72.8 cm³/mol. The summed E-state index contributed by atoms with van der Waals surface area (Å²) in [5.74, 6) is 2.55. The quantitative estimate of drug-likeness (QED) is 0.848. The monoisotopic (exact) mass is 264 g/mol. The van der Waals surface area contributed by atoms with Crippen LogP contribution in [0.1, 0.15) is 50.4 Å². The number of piperazine rings is 1. The second kappa shape index (κ2) is 6.01. The lowest BCUT2D eigenvalue weighted by Gasteiger charge is -2.33. The smallest absolute Gasteiger partial charge is 0.226 e. The molecule has 19 heavy (non-hydrogen) atoms. The van der Waals surface area contributed by atoms with Crippen LogP contribution in [0, 0.1) is 5.92 Å². The Morgan fingerprint density at radius 2 is 2.16 bits per heavy atom. The van der Waals surface area contributed by atoms with Crippen molar-refractivity contribution in [3.63, 3.8) is 0 Å². The molecule has 2 heterocycles. The van der Waals surface area contributed by atoms with Gasteiger partial charge in [-0.05, 0) is 25.2 Å². The van der Waals surface area contributed by atoms with Gasteiger partial charge in [-0.1, -0.05) is 18.5 Å². The lowest BCUT2D eigenvalue weighted by molar-refractivity contribution is 0.155. The third-order valence-corrected chi connectivity index (χ3v) is 4.10. The minimum absolute atomic E-state index is 0.337. The molecule has 106 valence electrons. The maximum atomic E-state index is 5.43. The van der Waals surface area contributed by atoms with Crippen LogP contribution < -0.4 is 5.32 Å². The summed E-state index contributed by atoms with van der Waals surface area (Å²) < 4.78 is 5.43. The summed E-state index contributed by atoms with van der Waals surface area (Å²) in [5.41, 5.74) is 0. The van der Waals surface area contributed by atoms with Crippen molar-refractivity contribution in [2.45, 2.75) is 45.1 Å². The molecule has 0 radical (unpaired) electrons. The Balaban J connectivity index is 1.68. The molecule has 0 amide bonds. The van der Waals surface area contributed by atoms with Crippen LogP contribution in [0.15, 0.2) is 4.52 Å². The minimum Gasteiger partial charge on any atom is -0.339 e. The number of aromatic nitrogens is 2. The van der Waals surface area contributed by atoms with E-state index >= 15 is 0 Å². The van der Waals surface area contributed by atoms with Gasteiger partial charge in [0.1, 0.15) is 0 Å². The molecule has 5 nitrogen and oxygen atoms in total. The summed E-state index contributed by atoms with van der Waals surface area (Å²) in [7, 11) is 0. The maximum absolute atomic E-state index is 5.43. The second-order valence-corrected chi connectivity index (χ2v) is 5.78. The minimum atomic E-state index is 0.337. The number of nitrogens with zero attached hydrogens (tertiary/aromatic N) is 3. The molecule has 1 aliphatic heterocycles. The van der Waals surface area contributed by atoms with Crippen LogP contribution in [-0.4, -0.2) is 41.2 Å². The first-order chi connectivity index (χ1) is 9.36. The Kier molecular flexibility index (Phi) is 4.13. The Morgan fingerprint density at radius 1 is 1.37 bits per heavy atom. The van der Waals surface area contributed by atoms with Gasteiger partial charge in [0.25, 0.3) is 0 Å². The van der Waals surface area contributed by atoms with Gasteiger partial charge in [0, 0.05) is 32.6 Å². The molecule has 1 unspecified atom stereocenters. The van der Waals surface area contributed by atoms with E-state index in [1.807, 2.05) is 0 Å². The molecule has 1 N–H and O–H groups in total. The van der Waals surface area contributed by atoms with Crippen molar-refractivity contribution in [2.75, 3.05) is 26.2 Å². The SMILES string of the molecule is CCCC(c1noc(CC2CC2)n1)N1CCNCC1. The molecule has 1 aliphatic carbocycles. The van der Waals surface area contributed by atoms with E-state index in [0.717, 1.165) is 63.1 Å². The molecular weight excluding hydrogens is 240 g/mol. The van der Waals surface area contributed by atoms with Crippen LogP contribution in [0.4, 0.5) is 0 Å². The molecule has 0 bridgehead atoms. The zero-order valence-electron chi connectivity index (χ0n) is 11.8. The Bertz CT molecular complexity index is 396. The van der Waals surface area contributed by atoms with Crippen LogP contribution in [0.2, 0.25) is 0 Å². The van der Waals surface area contributed by atoms with Crippen LogP contribution in [0.3, 0.4) is 0 Å². The second-order valence-electron chi connectivity index (χ2n) is 5.78. The van der Waals surface area contributed by atoms with Crippen LogP contribution in [0.5, 0.6) is 0 Å². The van der Waals surface area contributed by atoms with Crippen LogP contribution >= 0.6 is 0 Å². The number of hydrogen-bond donors (Lipinski definition) is 1. The van der Waals surface area contributed by atoms with Crippen molar-refractivity contribution in [2.24, 2.45) is 5.92 Å². The summed E-state index contributed by atoms with van der Waals surface area (Å²) in [5, 5.41) is 7.64. The van der Waals surface area contributed by atoms with Gasteiger partial charge in [-0.3, -0.25) is 4.90 Å². The van der Waals surface area contributed by atoms with Gasteiger partial charge in [-0.25, -0.2) is 0 Å². The van der Waals surface area contributed by atoms with Crippen molar-refractivity contribution in [1.82, 2.24) is 20.4 Å². The molecule has 1 aromatic heterocycles. The molecule has 2 aliphatic rings. The third-order valence-electron chi connectivity index (χ3n) is 4.10. The number of hydrogen-bond acceptors (Lipinski definition) is 5. The topological polar surface area (TPSA) is 54.2 Å². The molecule has 1 saturated heterocycles.